The fourth-order valence-corrected chi connectivity index (χ4v) is 3.22. The van der Waals surface area contributed by atoms with Gasteiger partial charge in [-0.2, -0.15) is 0 Å². The van der Waals surface area contributed by atoms with E-state index in [1.54, 1.807) is 16.2 Å². The first kappa shape index (κ1) is 14.8. The van der Waals surface area contributed by atoms with E-state index in [-0.39, 0.29) is 6.03 Å². The highest BCUT2D eigenvalue weighted by atomic mass is 32.1. The van der Waals surface area contributed by atoms with Gasteiger partial charge in [0.15, 0.2) is 0 Å². The number of aliphatic carboxylic acids is 1. The molecule has 1 aromatic heterocycles. The van der Waals surface area contributed by atoms with Gasteiger partial charge in [-0.25, -0.2) is 9.59 Å². The number of carboxylic acids is 1. The van der Waals surface area contributed by atoms with Crippen LogP contribution < -0.4 is 0 Å². The third-order valence-corrected chi connectivity index (χ3v) is 4.47. The lowest BCUT2D eigenvalue weighted by molar-refractivity contribution is -0.143. The molecule has 0 bridgehead atoms. The average Bonchev–Trinajstić information content (AvgIpc) is 2.97. The van der Waals surface area contributed by atoms with Gasteiger partial charge in [-0.05, 0) is 37.6 Å². The van der Waals surface area contributed by atoms with Gasteiger partial charge in [0.05, 0.1) is 6.54 Å². The van der Waals surface area contributed by atoms with Gasteiger partial charge in [0.2, 0.25) is 0 Å². The van der Waals surface area contributed by atoms with Gasteiger partial charge in [0.1, 0.15) is 6.04 Å². The molecule has 1 fully saturated rings. The van der Waals surface area contributed by atoms with Crippen LogP contribution in [-0.4, -0.2) is 46.0 Å². The zero-order chi connectivity index (χ0) is 14.5. The Morgan fingerprint density at radius 2 is 2.30 bits per heavy atom. The zero-order valence-corrected chi connectivity index (χ0v) is 12.4. The van der Waals surface area contributed by atoms with Crippen molar-refractivity contribution < 1.29 is 14.7 Å². The molecule has 0 saturated carbocycles. The van der Waals surface area contributed by atoms with Crippen LogP contribution in [0.3, 0.4) is 0 Å². The van der Waals surface area contributed by atoms with E-state index in [4.69, 9.17) is 0 Å². The molecule has 2 rings (SSSR count). The summed E-state index contributed by atoms with van der Waals surface area (Å²) in [5.74, 6) is -0.898. The van der Waals surface area contributed by atoms with E-state index >= 15 is 0 Å². The van der Waals surface area contributed by atoms with Crippen molar-refractivity contribution in [2.24, 2.45) is 0 Å². The van der Waals surface area contributed by atoms with Crippen molar-refractivity contribution in [2.45, 2.75) is 38.8 Å². The van der Waals surface area contributed by atoms with Crippen molar-refractivity contribution in [3.63, 3.8) is 0 Å². The minimum absolute atomic E-state index is 0.159. The molecule has 20 heavy (non-hydrogen) atoms. The Bertz CT molecular complexity index is 461. The first-order valence-corrected chi connectivity index (χ1v) is 7.82. The van der Waals surface area contributed by atoms with E-state index in [2.05, 4.69) is 0 Å². The number of nitrogens with zero attached hydrogens (tertiary/aromatic N) is 2. The fraction of sp³-hybridized carbons (Fsp3) is 0.571. The number of carbonyl (C=O) groups is 2. The van der Waals surface area contributed by atoms with Crippen molar-refractivity contribution in [3.05, 3.63) is 22.4 Å². The number of urea groups is 1. The Balaban J connectivity index is 2.08. The molecule has 2 heterocycles. The molecule has 5 nitrogen and oxygen atoms in total. The monoisotopic (exact) mass is 296 g/mol. The third-order valence-electron chi connectivity index (χ3n) is 3.61. The number of hydrogen-bond donors (Lipinski definition) is 1. The lowest BCUT2D eigenvalue weighted by Crippen LogP contribution is -2.52. The molecular formula is C14H20N2O3S. The molecular weight excluding hydrogens is 276 g/mol. The number of hydrogen-bond acceptors (Lipinski definition) is 3. The number of amides is 2. The van der Waals surface area contributed by atoms with Gasteiger partial charge in [-0.15, -0.1) is 11.3 Å². The van der Waals surface area contributed by atoms with E-state index in [1.165, 1.54) is 4.90 Å². The topological polar surface area (TPSA) is 60.9 Å². The first-order valence-electron chi connectivity index (χ1n) is 6.94. The summed E-state index contributed by atoms with van der Waals surface area (Å²) < 4.78 is 0. The molecule has 2 amide bonds. The molecule has 1 saturated heterocycles. The average molecular weight is 296 g/mol. The molecule has 6 heteroatoms. The number of carbonyl (C=O) groups excluding carboxylic acids is 1. The van der Waals surface area contributed by atoms with Crippen molar-refractivity contribution >= 4 is 23.3 Å². The maximum absolute atomic E-state index is 12.6. The third kappa shape index (κ3) is 3.30. The molecule has 1 aliphatic rings. The molecule has 110 valence electrons. The standard InChI is InChI=1S/C14H20N2O3S/c1-2-15(10-11-6-5-9-20-11)14(19)16-8-4-3-7-12(16)13(17)18/h5-6,9,12H,2-4,7-8,10H2,1H3,(H,17,18). The van der Waals surface area contributed by atoms with E-state index < -0.39 is 12.0 Å². The predicted octanol–water partition coefficient (Wildman–Crippen LogP) is 2.63. The molecule has 0 spiro atoms. The summed E-state index contributed by atoms with van der Waals surface area (Å²) in [6.45, 7) is 3.59. The largest absolute Gasteiger partial charge is 0.480 e. The highest BCUT2D eigenvalue weighted by molar-refractivity contribution is 7.09. The quantitative estimate of drug-likeness (QED) is 0.929. The van der Waals surface area contributed by atoms with Crippen LogP contribution >= 0.6 is 11.3 Å². The van der Waals surface area contributed by atoms with Crippen molar-refractivity contribution in [1.29, 1.82) is 0 Å². The Morgan fingerprint density at radius 3 is 2.90 bits per heavy atom. The Morgan fingerprint density at radius 1 is 1.50 bits per heavy atom. The lowest BCUT2D eigenvalue weighted by atomic mass is 10.0. The highest BCUT2D eigenvalue weighted by Crippen LogP contribution is 2.20. The molecule has 1 N–H and O–H groups in total. The minimum Gasteiger partial charge on any atom is -0.480 e. The predicted molar refractivity (Wildman–Crippen MR) is 77.8 cm³/mol. The van der Waals surface area contributed by atoms with Crippen molar-refractivity contribution in [3.8, 4) is 0 Å². The number of likely N-dealkylation sites (tertiary alicyclic amines) is 1. The van der Waals surface area contributed by atoms with E-state index in [9.17, 15) is 14.7 Å². The second kappa shape index (κ2) is 6.74. The Kier molecular flexibility index (Phi) is 5.00. The zero-order valence-electron chi connectivity index (χ0n) is 11.6. The first-order chi connectivity index (χ1) is 9.63. The molecule has 1 aromatic rings. The SMILES string of the molecule is CCN(Cc1cccs1)C(=O)N1CCCCC1C(=O)O. The molecule has 0 aromatic carbocycles. The van der Waals surface area contributed by atoms with E-state index in [1.807, 2.05) is 24.4 Å². The molecule has 0 aliphatic carbocycles. The lowest BCUT2D eigenvalue weighted by Gasteiger charge is -2.36. The number of carboxylic acid groups (broad SMARTS) is 1. The van der Waals surface area contributed by atoms with Gasteiger partial charge in [-0.1, -0.05) is 6.07 Å². The summed E-state index contributed by atoms with van der Waals surface area (Å²) in [5.41, 5.74) is 0. The normalized spacial score (nSPS) is 18.9. The number of rotatable bonds is 4. The Hall–Kier alpha value is -1.56. The highest BCUT2D eigenvalue weighted by Gasteiger charge is 2.34. The van der Waals surface area contributed by atoms with Crippen LogP contribution in [0, 0.1) is 0 Å². The maximum atomic E-state index is 12.6. The Labute approximate surface area is 122 Å². The second-order valence-corrected chi connectivity index (χ2v) is 5.95. The smallest absolute Gasteiger partial charge is 0.326 e. The molecule has 0 radical (unpaired) electrons. The second-order valence-electron chi connectivity index (χ2n) is 4.92. The number of thiophene rings is 1. The van der Waals surface area contributed by atoms with E-state index in [0.29, 0.717) is 26.1 Å². The maximum Gasteiger partial charge on any atom is 0.326 e. The summed E-state index contributed by atoms with van der Waals surface area (Å²) >= 11 is 1.61. The molecule has 1 atom stereocenters. The van der Waals surface area contributed by atoms with Crippen LogP contribution in [0.2, 0.25) is 0 Å². The van der Waals surface area contributed by atoms with Gasteiger partial charge in [-0.3, -0.25) is 0 Å². The molecule has 1 unspecified atom stereocenters. The van der Waals surface area contributed by atoms with Gasteiger partial charge < -0.3 is 14.9 Å². The van der Waals surface area contributed by atoms with Gasteiger partial charge in [0, 0.05) is 18.0 Å². The molecule has 1 aliphatic heterocycles. The van der Waals surface area contributed by atoms with Gasteiger partial charge >= 0.3 is 12.0 Å². The summed E-state index contributed by atoms with van der Waals surface area (Å²) in [7, 11) is 0. The van der Waals surface area contributed by atoms with Crippen LogP contribution in [0.1, 0.15) is 31.1 Å². The van der Waals surface area contributed by atoms with Crippen LogP contribution in [0.5, 0.6) is 0 Å². The van der Waals surface area contributed by atoms with Crippen molar-refractivity contribution in [2.75, 3.05) is 13.1 Å². The van der Waals surface area contributed by atoms with Gasteiger partial charge in [0.25, 0.3) is 0 Å². The van der Waals surface area contributed by atoms with E-state index in [0.717, 1.165) is 17.7 Å². The summed E-state index contributed by atoms with van der Waals surface area (Å²) in [6.07, 6.45) is 2.31. The van der Waals surface area contributed by atoms with Crippen LogP contribution in [0.4, 0.5) is 4.79 Å². The summed E-state index contributed by atoms with van der Waals surface area (Å²) in [4.78, 5) is 28.2. The minimum atomic E-state index is -0.898. The fourth-order valence-electron chi connectivity index (χ4n) is 2.50. The van der Waals surface area contributed by atoms with Crippen LogP contribution in [0.15, 0.2) is 17.5 Å². The van der Waals surface area contributed by atoms with Crippen LogP contribution in [0.25, 0.3) is 0 Å². The van der Waals surface area contributed by atoms with Crippen LogP contribution in [-0.2, 0) is 11.3 Å². The summed E-state index contributed by atoms with van der Waals surface area (Å²) in [6, 6.07) is 3.12. The van der Waals surface area contributed by atoms with Crippen molar-refractivity contribution in [1.82, 2.24) is 9.80 Å². The summed E-state index contributed by atoms with van der Waals surface area (Å²) in [5, 5.41) is 11.2. The number of piperidine rings is 1.